The number of rotatable bonds is 8. The van der Waals surface area contributed by atoms with Gasteiger partial charge in [0.05, 0.1) is 25.9 Å². The molecule has 0 fully saturated rings. The fourth-order valence-electron chi connectivity index (χ4n) is 2.29. The van der Waals surface area contributed by atoms with Gasteiger partial charge in [0.1, 0.15) is 6.10 Å². The van der Waals surface area contributed by atoms with E-state index in [4.69, 9.17) is 14.0 Å². The molecule has 7 heteroatoms. The fraction of sp³-hybridized carbons (Fsp3) is 0.474. The molecular weight excluding hydrogens is 332 g/mol. The molecule has 0 saturated carbocycles. The van der Waals surface area contributed by atoms with Crippen LogP contribution in [0, 0.1) is 0 Å². The summed E-state index contributed by atoms with van der Waals surface area (Å²) in [6.07, 6.45) is -0.0670. The minimum Gasteiger partial charge on any atom is -0.493 e. The Morgan fingerprint density at radius 1 is 1.19 bits per heavy atom. The Balaban J connectivity index is 1.80. The van der Waals surface area contributed by atoms with Crippen molar-refractivity contribution in [1.29, 1.82) is 0 Å². The molecule has 0 radical (unpaired) electrons. The maximum Gasteiger partial charge on any atom is 0.191 e. The second kappa shape index (κ2) is 9.70. The second-order valence-electron chi connectivity index (χ2n) is 6.26. The zero-order valence-electron chi connectivity index (χ0n) is 16.1. The van der Waals surface area contributed by atoms with Gasteiger partial charge in [0.2, 0.25) is 0 Å². The number of para-hydroxylation sites is 2. The zero-order chi connectivity index (χ0) is 18.9. The number of methoxy groups -OCH3 is 1. The van der Waals surface area contributed by atoms with Gasteiger partial charge in [0.15, 0.2) is 23.2 Å². The van der Waals surface area contributed by atoms with Crippen LogP contribution < -0.4 is 20.1 Å². The molecule has 1 unspecified atom stereocenters. The molecule has 2 aromatic rings. The van der Waals surface area contributed by atoms with Crippen molar-refractivity contribution in [2.45, 2.75) is 39.3 Å². The number of guanidine groups is 1. The number of aliphatic imine (C=N–C) groups is 1. The molecule has 0 aliphatic heterocycles. The predicted octanol–water partition coefficient (Wildman–Crippen LogP) is 2.94. The van der Waals surface area contributed by atoms with Crippen LogP contribution in [-0.2, 0) is 6.54 Å². The van der Waals surface area contributed by atoms with Gasteiger partial charge in [-0.05, 0) is 25.0 Å². The van der Waals surface area contributed by atoms with Crippen LogP contribution in [0.3, 0.4) is 0 Å². The average molecular weight is 360 g/mol. The first-order chi connectivity index (χ1) is 12.5. The molecule has 7 nitrogen and oxygen atoms in total. The van der Waals surface area contributed by atoms with Crippen LogP contribution in [0.1, 0.15) is 38.1 Å². The normalized spacial score (nSPS) is 12.8. The van der Waals surface area contributed by atoms with Crippen molar-refractivity contribution in [3.8, 4) is 11.5 Å². The van der Waals surface area contributed by atoms with E-state index in [1.165, 1.54) is 0 Å². The van der Waals surface area contributed by atoms with E-state index in [9.17, 15) is 0 Å². The number of hydrogen-bond donors (Lipinski definition) is 2. The van der Waals surface area contributed by atoms with E-state index < -0.39 is 0 Å². The van der Waals surface area contributed by atoms with Crippen molar-refractivity contribution < 1.29 is 14.0 Å². The van der Waals surface area contributed by atoms with Crippen molar-refractivity contribution in [2.24, 2.45) is 4.99 Å². The highest BCUT2D eigenvalue weighted by Crippen LogP contribution is 2.26. The largest absolute Gasteiger partial charge is 0.493 e. The summed E-state index contributed by atoms with van der Waals surface area (Å²) >= 11 is 0. The highest BCUT2D eigenvalue weighted by molar-refractivity contribution is 5.79. The van der Waals surface area contributed by atoms with Crippen molar-refractivity contribution in [1.82, 2.24) is 15.8 Å². The lowest BCUT2D eigenvalue weighted by molar-refractivity contribution is 0.213. The third-order valence-electron chi connectivity index (χ3n) is 3.78. The molecule has 0 aliphatic carbocycles. The molecular formula is C19H28N4O3. The molecule has 0 spiro atoms. The van der Waals surface area contributed by atoms with E-state index in [1.807, 2.05) is 37.3 Å². The average Bonchev–Trinajstić information content (AvgIpc) is 3.11. The molecule has 1 heterocycles. The summed E-state index contributed by atoms with van der Waals surface area (Å²) in [5, 5.41) is 10.5. The Morgan fingerprint density at radius 3 is 2.54 bits per heavy atom. The third-order valence-corrected chi connectivity index (χ3v) is 3.78. The van der Waals surface area contributed by atoms with E-state index >= 15 is 0 Å². The van der Waals surface area contributed by atoms with Gasteiger partial charge in [-0.1, -0.05) is 31.1 Å². The number of nitrogens with zero attached hydrogens (tertiary/aromatic N) is 2. The molecule has 1 atom stereocenters. The number of benzene rings is 1. The maximum absolute atomic E-state index is 5.92. The van der Waals surface area contributed by atoms with Gasteiger partial charge >= 0.3 is 0 Å². The lowest BCUT2D eigenvalue weighted by atomic mass is 10.1. The minimum atomic E-state index is -0.0670. The van der Waals surface area contributed by atoms with Gasteiger partial charge in [-0.15, -0.1) is 0 Å². The van der Waals surface area contributed by atoms with E-state index in [0.717, 1.165) is 17.2 Å². The van der Waals surface area contributed by atoms with E-state index in [-0.39, 0.29) is 6.10 Å². The first kappa shape index (κ1) is 19.6. The van der Waals surface area contributed by atoms with Gasteiger partial charge in [-0.25, -0.2) is 0 Å². The van der Waals surface area contributed by atoms with Gasteiger partial charge in [-0.2, -0.15) is 0 Å². The third kappa shape index (κ3) is 5.68. The Morgan fingerprint density at radius 2 is 1.92 bits per heavy atom. The molecule has 0 saturated heterocycles. The van der Waals surface area contributed by atoms with Gasteiger partial charge in [0, 0.05) is 13.1 Å². The maximum atomic E-state index is 5.92. The summed E-state index contributed by atoms with van der Waals surface area (Å²) in [4.78, 5) is 4.21. The lowest BCUT2D eigenvalue weighted by Crippen LogP contribution is -2.41. The van der Waals surface area contributed by atoms with Crippen molar-refractivity contribution in [3.63, 3.8) is 0 Å². The smallest absolute Gasteiger partial charge is 0.191 e. The first-order valence-corrected chi connectivity index (χ1v) is 8.73. The van der Waals surface area contributed by atoms with Crippen LogP contribution in [0.4, 0.5) is 0 Å². The molecule has 2 rings (SSSR count). The molecule has 2 N–H and O–H groups in total. The van der Waals surface area contributed by atoms with Crippen molar-refractivity contribution in [2.75, 3.05) is 20.7 Å². The van der Waals surface area contributed by atoms with Gasteiger partial charge in [-0.3, -0.25) is 4.99 Å². The van der Waals surface area contributed by atoms with E-state index in [0.29, 0.717) is 30.7 Å². The summed E-state index contributed by atoms with van der Waals surface area (Å²) in [6, 6.07) is 9.55. The van der Waals surface area contributed by atoms with E-state index in [2.05, 4.69) is 34.6 Å². The summed E-state index contributed by atoms with van der Waals surface area (Å²) in [7, 11) is 3.35. The topological polar surface area (TPSA) is 80.9 Å². The van der Waals surface area contributed by atoms with Crippen LogP contribution in [0.15, 0.2) is 39.8 Å². The Hall–Kier alpha value is -2.70. The minimum absolute atomic E-state index is 0.0670. The van der Waals surface area contributed by atoms with E-state index in [1.54, 1.807) is 14.2 Å². The number of ether oxygens (including phenoxy) is 2. The van der Waals surface area contributed by atoms with Crippen LogP contribution in [-0.4, -0.2) is 37.9 Å². The van der Waals surface area contributed by atoms with Crippen LogP contribution in [0.5, 0.6) is 11.5 Å². The second-order valence-corrected chi connectivity index (χ2v) is 6.26. The SMILES string of the molecule is CN=C(NCc1cc(C(C)C)no1)NCC(C)Oc1ccccc1OC. The van der Waals surface area contributed by atoms with Crippen molar-refractivity contribution in [3.05, 3.63) is 41.8 Å². The Labute approximate surface area is 154 Å². The molecule has 142 valence electrons. The summed E-state index contributed by atoms with van der Waals surface area (Å²) in [5.74, 6) is 3.22. The molecule has 26 heavy (non-hydrogen) atoms. The summed E-state index contributed by atoms with van der Waals surface area (Å²) < 4.78 is 16.5. The number of nitrogens with one attached hydrogen (secondary N) is 2. The molecule has 0 aliphatic rings. The molecule has 0 amide bonds. The monoisotopic (exact) mass is 360 g/mol. The van der Waals surface area contributed by atoms with Crippen LogP contribution in [0.25, 0.3) is 0 Å². The van der Waals surface area contributed by atoms with Crippen LogP contribution in [0.2, 0.25) is 0 Å². The number of hydrogen-bond acceptors (Lipinski definition) is 5. The molecule has 0 bridgehead atoms. The quantitative estimate of drug-likeness (QED) is 0.556. The van der Waals surface area contributed by atoms with Gasteiger partial charge in [0.25, 0.3) is 0 Å². The molecule has 1 aromatic carbocycles. The zero-order valence-corrected chi connectivity index (χ0v) is 16.1. The summed E-state index contributed by atoms with van der Waals surface area (Å²) in [6.45, 7) is 7.25. The summed E-state index contributed by atoms with van der Waals surface area (Å²) in [5.41, 5.74) is 0.948. The van der Waals surface area contributed by atoms with Crippen molar-refractivity contribution >= 4 is 5.96 Å². The standard InChI is InChI=1S/C19H28N4O3/c1-13(2)16-10-15(26-23-16)12-22-19(20-4)21-11-14(3)25-18-9-7-6-8-17(18)24-5/h6-10,13-14H,11-12H2,1-5H3,(H2,20,21,22). The van der Waals surface area contributed by atoms with Gasteiger partial charge < -0.3 is 24.6 Å². The number of aromatic nitrogens is 1. The Bertz CT molecular complexity index is 712. The van der Waals surface area contributed by atoms with Crippen LogP contribution >= 0.6 is 0 Å². The molecule has 1 aromatic heterocycles. The Kier molecular flexibility index (Phi) is 7.32. The first-order valence-electron chi connectivity index (χ1n) is 8.73. The lowest BCUT2D eigenvalue weighted by Gasteiger charge is -2.18. The predicted molar refractivity (Wildman–Crippen MR) is 102 cm³/mol. The highest BCUT2D eigenvalue weighted by Gasteiger charge is 2.11. The fourth-order valence-corrected chi connectivity index (χ4v) is 2.29. The highest BCUT2D eigenvalue weighted by atomic mass is 16.5.